The minimum Gasteiger partial charge on any atom is -0.338 e. The molecule has 0 spiro atoms. The van der Waals surface area contributed by atoms with E-state index in [1.807, 2.05) is 13.8 Å². The third-order valence-electron chi connectivity index (χ3n) is 4.93. The predicted octanol–water partition coefficient (Wildman–Crippen LogP) is 0.731. The highest BCUT2D eigenvalue weighted by molar-refractivity contribution is 6.05. The molecule has 0 radical (unpaired) electrons. The quantitative estimate of drug-likeness (QED) is 0.763. The number of aromatic nitrogens is 2. The van der Waals surface area contributed by atoms with E-state index in [2.05, 4.69) is 19.8 Å². The average molecular weight is 317 g/mol. The van der Waals surface area contributed by atoms with Crippen LogP contribution in [0.1, 0.15) is 26.7 Å². The molecule has 124 valence electrons. The van der Waals surface area contributed by atoms with Crippen molar-refractivity contribution in [2.45, 2.75) is 26.7 Å². The van der Waals surface area contributed by atoms with Crippen LogP contribution in [0.2, 0.25) is 0 Å². The molecular weight excluding hydrogens is 294 g/mol. The van der Waals surface area contributed by atoms with Crippen LogP contribution >= 0.6 is 0 Å². The van der Waals surface area contributed by atoms with Crippen LogP contribution in [0, 0.1) is 5.41 Å². The third kappa shape index (κ3) is 3.06. The van der Waals surface area contributed by atoms with Gasteiger partial charge in [0.05, 0.1) is 12.1 Å². The molecule has 1 aromatic rings. The Morgan fingerprint density at radius 2 is 1.78 bits per heavy atom. The van der Waals surface area contributed by atoms with Gasteiger partial charge in [0.15, 0.2) is 0 Å². The second kappa shape index (κ2) is 6.23. The normalized spacial score (nSPS) is 26.2. The summed E-state index contributed by atoms with van der Waals surface area (Å²) < 4.78 is 0. The van der Waals surface area contributed by atoms with Crippen molar-refractivity contribution in [1.29, 1.82) is 0 Å². The van der Waals surface area contributed by atoms with Gasteiger partial charge in [0.25, 0.3) is 0 Å². The van der Waals surface area contributed by atoms with Gasteiger partial charge in [0, 0.05) is 45.0 Å². The first-order chi connectivity index (χ1) is 11.0. The molecule has 1 unspecified atom stereocenters. The van der Waals surface area contributed by atoms with Gasteiger partial charge in [-0.15, -0.1) is 0 Å². The van der Waals surface area contributed by atoms with Gasteiger partial charge in [-0.25, -0.2) is 9.97 Å². The monoisotopic (exact) mass is 317 g/mol. The van der Waals surface area contributed by atoms with Crippen molar-refractivity contribution >= 4 is 17.8 Å². The highest BCUT2D eigenvalue weighted by atomic mass is 16.2. The molecule has 3 heterocycles. The molecule has 0 aromatic carbocycles. The number of nitrogens with zero attached hydrogens (tertiary/aromatic N) is 5. The Balaban J connectivity index is 1.57. The molecule has 7 heteroatoms. The van der Waals surface area contributed by atoms with Gasteiger partial charge in [-0.2, -0.15) is 0 Å². The molecule has 0 aliphatic carbocycles. The van der Waals surface area contributed by atoms with Crippen molar-refractivity contribution in [1.82, 2.24) is 19.8 Å². The number of carbonyl (C=O) groups excluding carboxylic acids is 2. The molecule has 2 aliphatic heterocycles. The van der Waals surface area contributed by atoms with Crippen molar-refractivity contribution in [3.8, 4) is 0 Å². The fourth-order valence-corrected chi connectivity index (χ4v) is 3.11. The van der Waals surface area contributed by atoms with Crippen LogP contribution < -0.4 is 4.90 Å². The first-order valence-corrected chi connectivity index (χ1v) is 8.12. The summed E-state index contributed by atoms with van der Waals surface area (Å²) in [5.74, 6) is 0.658. The van der Waals surface area contributed by atoms with Gasteiger partial charge in [-0.3, -0.25) is 19.4 Å². The number of hydrogen-bond donors (Lipinski definition) is 0. The molecular formula is C16H23N5O2. The van der Waals surface area contributed by atoms with E-state index in [4.69, 9.17) is 0 Å². The van der Waals surface area contributed by atoms with Crippen molar-refractivity contribution in [3.63, 3.8) is 0 Å². The number of amides is 2. The Kier molecular flexibility index (Phi) is 4.30. The fraction of sp³-hybridized carbons (Fsp3) is 0.625. The zero-order valence-corrected chi connectivity index (χ0v) is 13.7. The van der Waals surface area contributed by atoms with Crippen molar-refractivity contribution in [3.05, 3.63) is 18.5 Å². The number of hydrogen-bond acceptors (Lipinski definition) is 6. The largest absolute Gasteiger partial charge is 0.338 e. The SMILES string of the molecule is CCC1(C)CC(=O)N(CN2CCN(c3ncccn3)CC2)C1=O. The van der Waals surface area contributed by atoms with E-state index in [-0.39, 0.29) is 11.8 Å². The minimum absolute atomic E-state index is 0.0289. The summed E-state index contributed by atoms with van der Waals surface area (Å²) in [6.07, 6.45) is 4.51. The Labute approximate surface area is 136 Å². The second-order valence-electron chi connectivity index (χ2n) is 6.51. The molecule has 0 bridgehead atoms. The van der Waals surface area contributed by atoms with Gasteiger partial charge in [0.2, 0.25) is 17.8 Å². The smallest absolute Gasteiger partial charge is 0.236 e. The number of anilines is 1. The number of rotatable bonds is 4. The number of likely N-dealkylation sites (tertiary alicyclic amines) is 1. The number of imide groups is 1. The average Bonchev–Trinajstić information content (AvgIpc) is 2.80. The van der Waals surface area contributed by atoms with Crippen LogP contribution in [-0.4, -0.2) is 64.4 Å². The Morgan fingerprint density at radius 3 is 2.35 bits per heavy atom. The minimum atomic E-state index is -0.517. The third-order valence-corrected chi connectivity index (χ3v) is 4.93. The summed E-state index contributed by atoms with van der Waals surface area (Å²) in [5, 5.41) is 0. The molecule has 2 fully saturated rings. The van der Waals surface area contributed by atoms with Crippen LogP contribution in [0.3, 0.4) is 0 Å². The Morgan fingerprint density at radius 1 is 1.13 bits per heavy atom. The van der Waals surface area contributed by atoms with E-state index in [9.17, 15) is 9.59 Å². The van der Waals surface area contributed by atoms with E-state index in [1.54, 1.807) is 18.5 Å². The van der Waals surface area contributed by atoms with Crippen molar-refractivity contribution < 1.29 is 9.59 Å². The van der Waals surface area contributed by atoms with E-state index in [0.717, 1.165) is 32.1 Å². The molecule has 2 saturated heterocycles. The highest BCUT2D eigenvalue weighted by Gasteiger charge is 2.47. The predicted molar refractivity (Wildman–Crippen MR) is 85.6 cm³/mol. The van der Waals surface area contributed by atoms with E-state index in [0.29, 0.717) is 19.5 Å². The topological polar surface area (TPSA) is 69.6 Å². The van der Waals surface area contributed by atoms with Gasteiger partial charge in [0.1, 0.15) is 0 Å². The van der Waals surface area contributed by atoms with Crippen LogP contribution in [0.15, 0.2) is 18.5 Å². The summed E-state index contributed by atoms with van der Waals surface area (Å²) in [6, 6.07) is 1.80. The van der Waals surface area contributed by atoms with Crippen molar-refractivity contribution in [2.24, 2.45) is 5.41 Å². The molecule has 2 aliphatic rings. The Hall–Kier alpha value is -2.02. The fourth-order valence-electron chi connectivity index (χ4n) is 3.11. The van der Waals surface area contributed by atoms with Crippen LogP contribution in [0.25, 0.3) is 0 Å². The lowest BCUT2D eigenvalue weighted by molar-refractivity contribution is -0.143. The van der Waals surface area contributed by atoms with Crippen LogP contribution in [-0.2, 0) is 9.59 Å². The lowest BCUT2D eigenvalue weighted by Gasteiger charge is -2.36. The van der Waals surface area contributed by atoms with E-state index in [1.165, 1.54) is 4.90 Å². The molecule has 0 saturated carbocycles. The highest BCUT2D eigenvalue weighted by Crippen LogP contribution is 2.35. The Bertz CT molecular complexity index is 585. The summed E-state index contributed by atoms with van der Waals surface area (Å²) >= 11 is 0. The molecule has 7 nitrogen and oxygen atoms in total. The number of carbonyl (C=O) groups is 2. The maximum absolute atomic E-state index is 12.5. The van der Waals surface area contributed by atoms with Crippen LogP contribution in [0.5, 0.6) is 0 Å². The first-order valence-electron chi connectivity index (χ1n) is 8.12. The molecule has 3 rings (SSSR count). The van der Waals surface area contributed by atoms with Crippen LogP contribution in [0.4, 0.5) is 5.95 Å². The molecule has 2 amide bonds. The van der Waals surface area contributed by atoms with E-state index < -0.39 is 5.41 Å². The van der Waals surface area contributed by atoms with Gasteiger partial charge < -0.3 is 4.90 Å². The van der Waals surface area contributed by atoms with Crippen molar-refractivity contribution in [2.75, 3.05) is 37.7 Å². The summed E-state index contributed by atoms with van der Waals surface area (Å²) in [5.41, 5.74) is -0.517. The zero-order valence-electron chi connectivity index (χ0n) is 13.7. The summed E-state index contributed by atoms with van der Waals surface area (Å²) in [6.45, 7) is 7.43. The summed E-state index contributed by atoms with van der Waals surface area (Å²) in [7, 11) is 0. The molecule has 1 atom stereocenters. The first kappa shape index (κ1) is 15.9. The molecule has 0 N–H and O–H groups in total. The summed E-state index contributed by atoms with van der Waals surface area (Å²) in [4.78, 5) is 38.9. The zero-order chi connectivity index (χ0) is 16.4. The molecule has 1 aromatic heterocycles. The maximum atomic E-state index is 12.5. The standard InChI is InChI=1S/C16H23N5O2/c1-3-16(2)11-13(22)21(14(16)23)12-19-7-9-20(10-8-19)15-17-5-4-6-18-15/h4-6H,3,7-12H2,1-2H3. The van der Waals surface area contributed by atoms with E-state index >= 15 is 0 Å². The molecule has 23 heavy (non-hydrogen) atoms. The van der Waals surface area contributed by atoms with Gasteiger partial charge in [-0.05, 0) is 12.5 Å². The van der Waals surface area contributed by atoms with Gasteiger partial charge >= 0.3 is 0 Å². The maximum Gasteiger partial charge on any atom is 0.236 e. The second-order valence-corrected chi connectivity index (χ2v) is 6.51. The lowest BCUT2D eigenvalue weighted by atomic mass is 9.86. The number of piperazine rings is 1. The van der Waals surface area contributed by atoms with Gasteiger partial charge in [-0.1, -0.05) is 13.8 Å². The lowest BCUT2D eigenvalue weighted by Crippen LogP contribution is -2.51.